The Hall–Kier alpha value is -3.01. The van der Waals surface area contributed by atoms with Crippen LogP contribution in [0.2, 0.25) is 0 Å². The van der Waals surface area contributed by atoms with Crippen molar-refractivity contribution < 1.29 is 14.5 Å². The van der Waals surface area contributed by atoms with Gasteiger partial charge in [-0.05, 0) is 60.5 Å². The van der Waals surface area contributed by atoms with Crippen molar-refractivity contribution >= 4 is 67.6 Å². The van der Waals surface area contributed by atoms with Crippen LogP contribution in [0.25, 0.3) is 6.08 Å². The molecule has 0 bridgehead atoms. The maximum Gasteiger partial charge on any atom is 0.270 e. The summed E-state index contributed by atoms with van der Waals surface area (Å²) in [5.41, 5.74) is 3.27. The molecule has 4 rings (SSSR count). The summed E-state index contributed by atoms with van der Waals surface area (Å²) in [7, 11) is 0. The van der Waals surface area contributed by atoms with Crippen LogP contribution in [0.15, 0.2) is 76.1 Å². The molecule has 1 heterocycles. The molecule has 1 aliphatic heterocycles. The highest BCUT2D eigenvalue weighted by molar-refractivity contribution is 9.10. The molecule has 1 amide bonds. The molecule has 9 heteroatoms. The third-order valence-electron chi connectivity index (χ3n) is 4.95. The van der Waals surface area contributed by atoms with Crippen LogP contribution < -0.4 is 9.64 Å². The first-order valence-electron chi connectivity index (χ1n) is 9.83. The van der Waals surface area contributed by atoms with Crippen LogP contribution in [0.4, 0.5) is 11.4 Å². The topological polar surface area (TPSA) is 72.7 Å². The molecule has 0 unspecified atom stereocenters. The molecule has 0 aliphatic carbocycles. The molecule has 0 spiro atoms. The Bertz CT molecular complexity index is 1290. The summed E-state index contributed by atoms with van der Waals surface area (Å²) >= 11 is 10.2. The van der Waals surface area contributed by atoms with Gasteiger partial charge in [0.05, 0.1) is 15.5 Å². The van der Waals surface area contributed by atoms with Crippen molar-refractivity contribution in [1.29, 1.82) is 0 Å². The number of thiocarbonyl (C=S) groups is 1. The fourth-order valence-corrected chi connectivity index (χ4v) is 4.92. The highest BCUT2D eigenvalue weighted by atomic mass is 79.9. The Morgan fingerprint density at radius 1 is 1.15 bits per heavy atom. The van der Waals surface area contributed by atoms with Gasteiger partial charge in [0.2, 0.25) is 0 Å². The van der Waals surface area contributed by atoms with E-state index in [9.17, 15) is 14.9 Å². The summed E-state index contributed by atoms with van der Waals surface area (Å²) in [6.07, 6.45) is 1.77. The summed E-state index contributed by atoms with van der Waals surface area (Å²) in [6, 6.07) is 19.3. The van der Waals surface area contributed by atoms with Crippen LogP contribution in [-0.4, -0.2) is 15.2 Å². The molecule has 1 saturated heterocycles. The van der Waals surface area contributed by atoms with Crippen LogP contribution in [0.1, 0.15) is 16.7 Å². The molecular formula is C24H17BrN2O4S2. The zero-order valence-electron chi connectivity index (χ0n) is 17.4. The number of nitro benzene ring substituents is 1. The van der Waals surface area contributed by atoms with Gasteiger partial charge in [-0.2, -0.15) is 0 Å². The van der Waals surface area contributed by atoms with Crippen LogP contribution in [0.5, 0.6) is 5.75 Å². The number of para-hydroxylation sites is 1. The minimum absolute atomic E-state index is 0.0266. The average molecular weight is 541 g/mol. The Morgan fingerprint density at radius 3 is 2.58 bits per heavy atom. The second-order valence-corrected chi connectivity index (χ2v) is 9.79. The number of halogens is 1. The molecule has 33 heavy (non-hydrogen) atoms. The first-order chi connectivity index (χ1) is 15.8. The monoisotopic (exact) mass is 540 g/mol. The van der Waals surface area contributed by atoms with Gasteiger partial charge in [-0.1, -0.05) is 58.1 Å². The Balaban J connectivity index is 1.58. The van der Waals surface area contributed by atoms with Gasteiger partial charge in [-0.3, -0.25) is 19.8 Å². The number of rotatable bonds is 6. The van der Waals surface area contributed by atoms with Gasteiger partial charge in [0, 0.05) is 22.2 Å². The molecule has 3 aromatic rings. The van der Waals surface area contributed by atoms with E-state index in [0.29, 0.717) is 15.0 Å². The third kappa shape index (κ3) is 5.16. The van der Waals surface area contributed by atoms with Gasteiger partial charge < -0.3 is 4.74 Å². The lowest BCUT2D eigenvalue weighted by Crippen LogP contribution is -2.28. The molecular weight excluding hydrogens is 524 g/mol. The van der Waals surface area contributed by atoms with E-state index >= 15 is 0 Å². The molecule has 0 aromatic heterocycles. The number of hydrogen-bond donors (Lipinski definition) is 0. The molecule has 166 valence electrons. The number of benzene rings is 3. The number of aryl methyl sites for hydroxylation is 1. The summed E-state index contributed by atoms with van der Waals surface area (Å²) in [5, 5.41) is 10.8. The van der Waals surface area contributed by atoms with E-state index in [1.165, 1.54) is 23.9 Å². The number of nitro groups is 1. The van der Waals surface area contributed by atoms with E-state index in [-0.39, 0.29) is 18.2 Å². The molecule has 0 atom stereocenters. The van der Waals surface area contributed by atoms with Crippen molar-refractivity contribution in [2.24, 2.45) is 0 Å². The first kappa shape index (κ1) is 23.2. The minimum atomic E-state index is -0.440. The zero-order chi connectivity index (χ0) is 23.5. The van der Waals surface area contributed by atoms with Crippen LogP contribution in [-0.2, 0) is 11.4 Å². The lowest BCUT2D eigenvalue weighted by atomic mass is 10.1. The fourth-order valence-electron chi connectivity index (χ4n) is 3.27. The largest absolute Gasteiger partial charge is 0.488 e. The highest BCUT2D eigenvalue weighted by Gasteiger charge is 2.34. The molecule has 3 aromatic carbocycles. The summed E-state index contributed by atoms with van der Waals surface area (Å²) < 4.78 is 7.29. The smallest absolute Gasteiger partial charge is 0.270 e. The Labute approximate surface area is 208 Å². The second kappa shape index (κ2) is 9.86. The number of carbonyl (C=O) groups is 1. The maximum atomic E-state index is 13.2. The van der Waals surface area contributed by atoms with Crippen LogP contribution >= 0.6 is 39.9 Å². The number of hydrogen-bond acceptors (Lipinski definition) is 6. The number of nitrogens with zero attached hydrogens (tertiary/aromatic N) is 2. The zero-order valence-corrected chi connectivity index (χ0v) is 20.6. The van der Waals surface area contributed by atoms with Crippen molar-refractivity contribution in [1.82, 2.24) is 0 Å². The van der Waals surface area contributed by atoms with E-state index in [4.69, 9.17) is 17.0 Å². The van der Waals surface area contributed by atoms with Crippen molar-refractivity contribution in [2.45, 2.75) is 13.5 Å². The number of thioether (sulfide) groups is 1. The number of amides is 1. The van der Waals surface area contributed by atoms with Crippen molar-refractivity contribution in [3.8, 4) is 5.75 Å². The fraction of sp³-hybridized carbons (Fsp3) is 0.0833. The number of carbonyl (C=O) groups excluding carboxylic acids is 1. The molecule has 0 saturated carbocycles. The summed E-state index contributed by atoms with van der Waals surface area (Å²) in [5.74, 6) is 0.401. The van der Waals surface area contributed by atoms with Gasteiger partial charge in [0.15, 0.2) is 4.32 Å². The Morgan fingerprint density at radius 2 is 1.88 bits per heavy atom. The predicted octanol–water partition coefficient (Wildman–Crippen LogP) is 6.65. The standard InChI is InChI=1S/C24H17BrN2O4S2/c1-15-4-2-3-5-20(15)26-23(28)22(33-24(26)32)13-17-12-18(25)8-11-21(17)31-14-16-6-9-19(10-7-16)27(29)30/h2-13H,14H2,1H3. The van der Waals surface area contributed by atoms with Gasteiger partial charge in [-0.15, -0.1) is 0 Å². The van der Waals surface area contributed by atoms with E-state index < -0.39 is 4.92 Å². The average Bonchev–Trinajstić information content (AvgIpc) is 3.06. The third-order valence-corrected chi connectivity index (χ3v) is 6.75. The number of non-ortho nitro benzene ring substituents is 1. The number of ether oxygens (including phenoxy) is 1. The molecule has 1 aliphatic rings. The van der Waals surface area contributed by atoms with E-state index in [2.05, 4.69) is 15.9 Å². The highest BCUT2D eigenvalue weighted by Crippen LogP contribution is 2.38. The van der Waals surface area contributed by atoms with E-state index in [1.54, 1.807) is 23.1 Å². The van der Waals surface area contributed by atoms with Crippen LogP contribution in [0, 0.1) is 17.0 Å². The van der Waals surface area contributed by atoms with Crippen molar-refractivity contribution in [3.63, 3.8) is 0 Å². The van der Waals surface area contributed by atoms with Gasteiger partial charge in [0.1, 0.15) is 12.4 Å². The van der Waals surface area contributed by atoms with Crippen molar-refractivity contribution in [2.75, 3.05) is 4.90 Å². The summed E-state index contributed by atoms with van der Waals surface area (Å²) in [6.45, 7) is 2.17. The van der Waals surface area contributed by atoms with Gasteiger partial charge >= 0.3 is 0 Å². The molecule has 1 fully saturated rings. The molecule has 6 nitrogen and oxygen atoms in total. The quantitative estimate of drug-likeness (QED) is 0.151. The first-order valence-corrected chi connectivity index (χ1v) is 11.8. The van der Waals surface area contributed by atoms with E-state index in [1.807, 2.05) is 49.4 Å². The van der Waals surface area contributed by atoms with Gasteiger partial charge in [0.25, 0.3) is 11.6 Å². The second-order valence-electron chi connectivity index (χ2n) is 7.20. The summed E-state index contributed by atoms with van der Waals surface area (Å²) in [4.78, 5) is 25.6. The predicted molar refractivity (Wildman–Crippen MR) is 138 cm³/mol. The van der Waals surface area contributed by atoms with E-state index in [0.717, 1.165) is 26.9 Å². The SMILES string of the molecule is Cc1ccccc1N1C(=O)C(=Cc2cc(Br)ccc2OCc2ccc([N+](=O)[O-])cc2)SC1=S. The lowest BCUT2D eigenvalue weighted by Gasteiger charge is -2.16. The van der Waals surface area contributed by atoms with Crippen molar-refractivity contribution in [3.05, 3.63) is 103 Å². The Kier molecular flexibility index (Phi) is 6.92. The minimum Gasteiger partial charge on any atom is -0.488 e. The van der Waals surface area contributed by atoms with Crippen LogP contribution in [0.3, 0.4) is 0 Å². The number of anilines is 1. The van der Waals surface area contributed by atoms with Gasteiger partial charge in [-0.25, -0.2) is 0 Å². The maximum absolute atomic E-state index is 13.2. The molecule has 0 N–H and O–H groups in total. The molecule has 0 radical (unpaired) electrons. The normalized spacial score (nSPS) is 14.7. The lowest BCUT2D eigenvalue weighted by molar-refractivity contribution is -0.384.